The molecular formula is C15H18N2O6. The second kappa shape index (κ2) is 7.21. The zero-order valence-corrected chi connectivity index (χ0v) is 12.8. The molecule has 1 aromatic rings. The third-order valence-corrected chi connectivity index (χ3v) is 3.47. The Morgan fingerprint density at radius 1 is 1.13 bits per heavy atom. The summed E-state index contributed by atoms with van der Waals surface area (Å²) in [6, 6.07) is 3.60. The van der Waals surface area contributed by atoms with Crippen LogP contribution in [0.5, 0.6) is 0 Å². The lowest BCUT2D eigenvalue weighted by Crippen LogP contribution is -2.35. The number of aliphatic hydroxyl groups is 1. The first-order valence-corrected chi connectivity index (χ1v) is 6.98. The fourth-order valence-electron chi connectivity index (χ4n) is 2.32. The van der Waals surface area contributed by atoms with Gasteiger partial charge in [0.2, 0.25) is 5.91 Å². The summed E-state index contributed by atoms with van der Waals surface area (Å²) in [6.45, 7) is 0.341. The number of aliphatic hydroxyl groups excluding tert-OH is 1. The van der Waals surface area contributed by atoms with Crippen molar-refractivity contribution in [3.05, 3.63) is 29.3 Å². The Kier molecular flexibility index (Phi) is 5.30. The molecule has 0 radical (unpaired) electrons. The van der Waals surface area contributed by atoms with Crippen LogP contribution in [0.3, 0.4) is 0 Å². The maximum Gasteiger partial charge on any atom is 0.337 e. The second-order valence-corrected chi connectivity index (χ2v) is 5.12. The maximum absolute atomic E-state index is 12.1. The van der Waals surface area contributed by atoms with E-state index in [1.807, 2.05) is 0 Å². The third kappa shape index (κ3) is 4.05. The first-order chi connectivity index (χ1) is 10.9. The molecular weight excluding hydrogens is 304 g/mol. The summed E-state index contributed by atoms with van der Waals surface area (Å²) in [6.07, 6.45) is -0.273. The monoisotopic (exact) mass is 322 g/mol. The van der Waals surface area contributed by atoms with Gasteiger partial charge in [-0.3, -0.25) is 4.79 Å². The van der Waals surface area contributed by atoms with Crippen LogP contribution in [0.1, 0.15) is 27.1 Å². The van der Waals surface area contributed by atoms with E-state index < -0.39 is 24.1 Å². The molecule has 2 unspecified atom stereocenters. The number of methoxy groups -OCH3 is 2. The average Bonchev–Trinajstić information content (AvgIpc) is 2.99. The Labute approximate surface area is 132 Å². The largest absolute Gasteiger partial charge is 0.465 e. The van der Waals surface area contributed by atoms with Gasteiger partial charge in [-0.05, 0) is 24.6 Å². The van der Waals surface area contributed by atoms with Gasteiger partial charge >= 0.3 is 11.9 Å². The van der Waals surface area contributed by atoms with E-state index in [0.717, 1.165) is 0 Å². The van der Waals surface area contributed by atoms with E-state index in [1.54, 1.807) is 0 Å². The highest BCUT2D eigenvalue weighted by atomic mass is 16.5. The lowest BCUT2D eigenvalue weighted by Gasteiger charge is -2.13. The smallest absolute Gasteiger partial charge is 0.337 e. The summed E-state index contributed by atoms with van der Waals surface area (Å²) in [5, 5.41) is 14.9. The Hall–Kier alpha value is -2.45. The lowest BCUT2D eigenvalue weighted by atomic mass is 10.1. The van der Waals surface area contributed by atoms with Crippen LogP contribution in [0.15, 0.2) is 18.2 Å². The normalized spacial score (nSPS) is 20.0. The number of hydrogen-bond donors (Lipinski definition) is 3. The van der Waals surface area contributed by atoms with Gasteiger partial charge in [-0.15, -0.1) is 0 Å². The van der Waals surface area contributed by atoms with E-state index in [-0.39, 0.29) is 22.7 Å². The summed E-state index contributed by atoms with van der Waals surface area (Å²) >= 11 is 0. The SMILES string of the molecule is COC(=O)c1cc(NC(=O)C2CC(O)CN2)cc(C(=O)OC)c1. The summed E-state index contributed by atoms with van der Waals surface area (Å²) in [7, 11) is 2.43. The highest BCUT2D eigenvalue weighted by Crippen LogP contribution is 2.18. The average molecular weight is 322 g/mol. The van der Waals surface area contributed by atoms with Crippen LogP contribution in [0.4, 0.5) is 5.69 Å². The zero-order valence-electron chi connectivity index (χ0n) is 12.8. The standard InChI is InChI=1S/C15H18N2O6/c1-22-14(20)8-3-9(15(21)23-2)5-10(4-8)17-13(19)12-6-11(18)7-16-12/h3-5,11-12,16,18H,6-7H2,1-2H3,(H,17,19). The molecule has 124 valence electrons. The van der Waals surface area contributed by atoms with E-state index in [2.05, 4.69) is 20.1 Å². The molecule has 0 bridgehead atoms. The zero-order chi connectivity index (χ0) is 17.0. The van der Waals surface area contributed by atoms with E-state index in [9.17, 15) is 19.5 Å². The molecule has 2 atom stereocenters. The molecule has 0 spiro atoms. The molecule has 8 heteroatoms. The molecule has 0 aromatic heterocycles. The van der Waals surface area contributed by atoms with Crippen LogP contribution >= 0.6 is 0 Å². The summed E-state index contributed by atoms with van der Waals surface area (Å²) in [5.74, 6) is -1.64. The van der Waals surface area contributed by atoms with Crippen molar-refractivity contribution in [3.8, 4) is 0 Å². The predicted octanol–water partition coefficient (Wildman–Crippen LogP) is -0.0789. The molecule has 0 aliphatic carbocycles. The Balaban J connectivity index is 2.24. The number of amides is 1. The molecule has 3 N–H and O–H groups in total. The molecule has 1 heterocycles. The van der Waals surface area contributed by atoms with Crippen LogP contribution in [0.25, 0.3) is 0 Å². The minimum atomic E-state index is -0.638. The Bertz CT molecular complexity index is 596. The second-order valence-electron chi connectivity index (χ2n) is 5.12. The minimum Gasteiger partial charge on any atom is -0.465 e. The number of carbonyl (C=O) groups is 3. The lowest BCUT2D eigenvalue weighted by molar-refractivity contribution is -0.117. The van der Waals surface area contributed by atoms with Gasteiger partial charge in [0.05, 0.1) is 37.5 Å². The molecule has 0 saturated carbocycles. The Morgan fingerprint density at radius 3 is 2.13 bits per heavy atom. The van der Waals surface area contributed by atoms with E-state index >= 15 is 0 Å². The fourth-order valence-corrected chi connectivity index (χ4v) is 2.32. The van der Waals surface area contributed by atoms with Gasteiger partial charge in [-0.1, -0.05) is 0 Å². The van der Waals surface area contributed by atoms with Gasteiger partial charge < -0.3 is 25.2 Å². The van der Waals surface area contributed by atoms with Gasteiger partial charge in [0.15, 0.2) is 0 Å². The quantitative estimate of drug-likeness (QED) is 0.664. The van der Waals surface area contributed by atoms with E-state index in [1.165, 1.54) is 32.4 Å². The molecule has 1 aliphatic rings. The summed E-state index contributed by atoms with van der Waals surface area (Å²) < 4.78 is 9.26. The first-order valence-electron chi connectivity index (χ1n) is 6.98. The van der Waals surface area contributed by atoms with Gasteiger partial charge in [0.1, 0.15) is 0 Å². The molecule has 1 amide bonds. The van der Waals surface area contributed by atoms with Crippen LogP contribution in [0.2, 0.25) is 0 Å². The molecule has 1 saturated heterocycles. The highest BCUT2D eigenvalue weighted by Gasteiger charge is 2.28. The molecule has 2 rings (SSSR count). The molecule has 1 aliphatic heterocycles. The van der Waals surface area contributed by atoms with Crippen molar-refractivity contribution in [2.75, 3.05) is 26.1 Å². The van der Waals surface area contributed by atoms with Crippen molar-refractivity contribution in [1.82, 2.24) is 5.32 Å². The topological polar surface area (TPSA) is 114 Å². The molecule has 1 aromatic carbocycles. The molecule has 23 heavy (non-hydrogen) atoms. The van der Waals surface area contributed by atoms with Crippen molar-refractivity contribution in [1.29, 1.82) is 0 Å². The van der Waals surface area contributed by atoms with Crippen molar-refractivity contribution in [2.45, 2.75) is 18.6 Å². The number of carbonyl (C=O) groups excluding carboxylic acids is 3. The van der Waals surface area contributed by atoms with Gasteiger partial charge in [0.25, 0.3) is 0 Å². The number of hydrogen-bond acceptors (Lipinski definition) is 7. The minimum absolute atomic E-state index is 0.116. The summed E-state index contributed by atoms with van der Waals surface area (Å²) in [5.41, 5.74) is 0.497. The highest BCUT2D eigenvalue weighted by molar-refractivity contribution is 6.00. The van der Waals surface area contributed by atoms with Crippen LogP contribution in [0, 0.1) is 0 Å². The predicted molar refractivity (Wildman–Crippen MR) is 80.2 cm³/mol. The fraction of sp³-hybridized carbons (Fsp3) is 0.400. The van der Waals surface area contributed by atoms with E-state index in [0.29, 0.717) is 13.0 Å². The summed E-state index contributed by atoms with van der Waals surface area (Å²) in [4.78, 5) is 35.5. The molecule has 1 fully saturated rings. The van der Waals surface area contributed by atoms with Crippen molar-refractivity contribution >= 4 is 23.5 Å². The number of ether oxygens (including phenoxy) is 2. The Morgan fingerprint density at radius 2 is 1.70 bits per heavy atom. The van der Waals surface area contributed by atoms with Crippen molar-refractivity contribution < 1.29 is 29.0 Å². The van der Waals surface area contributed by atoms with Crippen LogP contribution < -0.4 is 10.6 Å². The number of esters is 2. The van der Waals surface area contributed by atoms with Gasteiger partial charge in [0, 0.05) is 12.2 Å². The van der Waals surface area contributed by atoms with Gasteiger partial charge in [-0.25, -0.2) is 9.59 Å². The van der Waals surface area contributed by atoms with Crippen LogP contribution in [-0.2, 0) is 14.3 Å². The number of nitrogens with one attached hydrogen (secondary N) is 2. The number of rotatable bonds is 4. The van der Waals surface area contributed by atoms with Crippen molar-refractivity contribution in [2.24, 2.45) is 0 Å². The first kappa shape index (κ1) is 16.9. The van der Waals surface area contributed by atoms with Crippen LogP contribution in [-0.4, -0.2) is 55.9 Å². The number of benzene rings is 1. The molecule has 8 nitrogen and oxygen atoms in total. The van der Waals surface area contributed by atoms with Crippen molar-refractivity contribution in [3.63, 3.8) is 0 Å². The van der Waals surface area contributed by atoms with Gasteiger partial charge in [-0.2, -0.15) is 0 Å². The number of anilines is 1. The maximum atomic E-state index is 12.1. The van der Waals surface area contributed by atoms with E-state index in [4.69, 9.17) is 0 Å². The number of β-amino-alcohol motifs (C(OH)–C–C–N with tert-alkyl or cyclic N) is 1. The third-order valence-electron chi connectivity index (χ3n) is 3.47.